The van der Waals surface area contributed by atoms with E-state index in [1.54, 1.807) is 12.1 Å². The predicted molar refractivity (Wildman–Crippen MR) is 194 cm³/mol. The quantitative estimate of drug-likeness (QED) is 0.264. The van der Waals surface area contributed by atoms with Crippen LogP contribution in [-0.4, -0.2) is 117 Å². The van der Waals surface area contributed by atoms with E-state index in [1.807, 2.05) is 39.0 Å². The fourth-order valence-electron chi connectivity index (χ4n) is 8.60. The third kappa shape index (κ3) is 8.23. The van der Waals surface area contributed by atoms with Crippen molar-refractivity contribution in [1.82, 2.24) is 19.6 Å². The van der Waals surface area contributed by atoms with Crippen molar-refractivity contribution in [2.75, 3.05) is 51.1 Å². The van der Waals surface area contributed by atoms with Gasteiger partial charge >= 0.3 is 18.1 Å². The number of carbonyl (C=O) groups excluding carboxylic acids is 2. The third-order valence-corrected chi connectivity index (χ3v) is 12.5. The average Bonchev–Trinajstić information content (AvgIpc) is 3.27. The highest BCUT2D eigenvalue weighted by Gasteiger charge is 2.44. The standard InChI is InChI=1S/C36H45Br2N5O7/c37-28-18-22(19-29(38)33(28)46)17-27(34(47)41-13-7-24(8-14-41)23-5-11-40(12-6-23)21-32(44)45)31-20-26(10-16-43(31)36(49)50)42-15-9-25-3-1-2-4-30(25)39-35(42)48/h1-4,18-19,23-24,26-27,31,46H,5-17,20-21H2,(H,39,48)(H,44,45)(H,49,50)/t26?,27?,31-/m1/s1. The first-order chi connectivity index (χ1) is 24.0. The molecule has 0 aliphatic carbocycles. The number of piperidine rings is 3. The van der Waals surface area contributed by atoms with Gasteiger partial charge < -0.3 is 35.3 Å². The number of aliphatic carboxylic acids is 1. The summed E-state index contributed by atoms with van der Waals surface area (Å²) in [7, 11) is 0. The molecular weight excluding hydrogens is 774 g/mol. The summed E-state index contributed by atoms with van der Waals surface area (Å²) >= 11 is 6.83. The second-order valence-electron chi connectivity index (χ2n) is 14.1. The number of carboxylic acids is 1. The molecule has 50 heavy (non-hydrogen) atoms. The fraction of sp³-hybridized carbons (Fsp3) is 0.556. The number of urea groups is 1. The summed E-state index contributed by atoms with van der Waals surface area (Å²) in [6, 6.07) is 10.1. The van der Waals surface area contributed by atoms with Crippen molar-refractivity contribution < 1.29 is 34.5 Å². The molecule has 0 bridgehead atoms. The number of hydrogen-bond acceptors (Lipinski definition) is 6. The zero-order valence-electron chi connectivity index (χ0n) is 28.0. The number of carboxylic acid groups (broad SMARTS) is 2. The van der Waals surface area contributed by atoms with Gasteiger partial charge in [-0.15, -0.1) is 0 Å². The Kier molecular flexibility index (Phi) is 11.6. The van der Waals surface area contributed by atoms with Gasteiger partial charge in [-0.3, -0.25) is 14.5 Å². The van der Waals surface area contributed by atoms with Crippen molar-refractivity contribution in [3.05, 3.63) is 56.5 Å². The Hall–Kier alpha value is -3.36. The van der Waals surface area contributed by atoms with Crippen molar-refractivity contribution in [3.8, 4) is 5.75 Å². The Morgan fingerprint density at radius 2 is 1.52 bits per heavy atom. The number of amides is 4. The third-order valence-electron chi connectivity index (χ3n) is 11.3. The minimum Gasteiger partial charge on any atom is -0.506 e. The van der Waals surface area contributed by atoms with Crippen LogP contribution in [0.1, 0.15) is 49.7 Å². The first kappa shape index (κ1) is 36.4. The lowest BCUT2D eigenvalue weighted by Gasteiger charge is -2.46. The maximum absolute atomic E-state index is 14.7. The smallest absolute Gasteiger partial charge is 0.407 e. The monoisotopic (exact) mass is 817 g/mol. The first-order valence-electron chi connectivity index (χ1n) is 17.5. The molecule has 270 valence electrons. The van der Waals surface area contributed by atoms with Crippen molar-refractivity contribution in [1.29, 1.82) is 0 Å². The van der Waals surface area contributed by atoms with Gasteiger partial charge in [-0.2, -0.15) is 0 Å². The number of likely N-dealkylation sites (tertiary alicyclic amines) is 3. The lowest BCUT2D eigenvalue weighted by atomic mass is 9.78. The normalized spacial score (nSPS) is 23.2. The largest absolute Gasteiger partial charge is 0.506 e. The number of carbonyl (C=O) groups is 4. The molecule has 4 aliphatic rings. The number of aromatic hydroxyl groups is 1. The van der Waals surface area contributed by atoms with E-state index in [2.05, 4.69) is 37.2 Å². The van der Waals surface area contributed by atoms with Gasteiger partial charge in [0.1, 0.15) is 5.75 Å². The number of phenolic OH excluding ortho intramolecular Hbond substituents is 1. The number of nitrogens with zero attached hydrogens (tertiary/aromatic N) is 4. The van der Waals surface area contributed by atoms with E-state index in [1.165, 1.54) is 4.90 Å². The number of benzene rings is 2. The molecule has 3 saturated heterocycles. The molecule has 0 spiro atoms. The van der Waals surface area contributed by atoms with Crippen LogP contribution < -0.4 is 5.32 Å². The molecule has 0 aromatic heterocycles. The summed E-state index contributed by atoms with van der Waals surface area (Å²) in [4.78, 5) is 59.2. The number of nitrogens with one attached hydrogen (secondary N) is 1. The van der Waals surface area contributed by atoms with Crippen molar-refractivity contribution in [3.63, 3.8) is 0 Å². The maximum Gasteiger partial charge on any atom is 0.407 e. The van der Waals surface area contributed by atoms with Crippen LogP contribution in [-0.2, 0) is 22.4 Å². The number of phenols is 1. The van der Waals surface area contributed by atoms with E-state index in [-0.39, 0.29) is 43.2 Å². The second kappa shape index (κ2) is 15.9. The Balaban J connectivity index is 1.21. The highest BCUT2D eigenvalue weighted by molar-refractivity contribution is 9.11. The van der Waals surface area contributed by atoms with Crippen LogP contribution in [0.4, 0.5) is 15.3 Å². The molecule has 2 aromatic carbocycles. The summed E-state index contributed by atoms with van der Waals surface area (Å²) in [6.07, 6.45) is 4.25. The molecule has 0 saturated carbocycles. The van der Waals surface area contributed by atoms with Gasteiger partial charge in [-0.05, 0) is 137 Å². The first-order valence-corrected chi connectivity index (χ1v) is 19.1. The van der Waals surface area contributed by atoms with E-state index in [9.17, 15) is 29.4 Å². The number of anilines is 1. The molecule has 3 atom stereocenters. The highest BCUT2D eigenvalue weighted by atomic mass is 79.9. The van der Waals surface area contributed by atoms with E-state index in [4.69, 9.17) is 5.11 Å². The van der Waals surface area contributed by atoms with Crippen molar-refractivity contribution in [2.45, 2.75) is 63.5 Å². The highest BCUT2D eigenvalue weighted by Crippen LogP contribution is 2.38. The molecule has 3 fully saturated rings. The molecule has 4 amide bonds. The molecule has 2 unspecified atom stereocenters. The summed E-state index contributed by atoms with van der Waals surface area (Å²) in [5.74, 6) is -0.612. The number of halogens is 2. The van der Waals surface area contributed by atoms with Crippen molar-refractivity contribution in [2.24, 2.45) is 17.8 Å². The summed E-state index contributed by atoms with van der Waals surface area (Å²) < 4.78 is 0.946. The second-order valence-corrected chi connectivity index (χ2v) is 15.8. The maximum atomic E-state index is 14.7. The summed E-state index contributed by atoms with van der Waals surface area (Å²) in [5.41, 5.74) is 2.61. The number of hydrogen-bond donors (Lipinski definition) is 4. The number of fused-ring (bicyclic) bond motifs is 1. The average molecular weight is 820 g/mol. The molecule has 14 heteroatoms. The van der Waals surface area contributed by atoms with E-state index >= 15 is 0 Å². The van der Waals surface area contributed by atoms with Crippen molar-refractivity contribution >= 4 is 61.5 Å². The van der Waals surface area contributed by atoms with E-state index in [0.29, 0.717) is 59.7 Å². The summed E-state index contributed by atoms with van der Waals surface area (Å²) in [5, 5.41) is 33.0. The Morgan fingerprint density at radius 1 is 0.880 bits per heavy atom. The molecule has 4 heterocycles. The zero-order chi connectivity index (χ0) is 35.5. The Morgan fingerprint density at radius 3 is 2.16 bits per heavy atom. The molecule has 4 aliphatic heterocycles. The SMILES string of the molecule is O=C(O)CN1CCC(C2CCN(C(=O)C(Cc3cc(Br)c(O)c(Br)c3)[C@H]3CC(N4CCc5ccccc5NC4=O)CCN3C(=O)O)CC2)CC1. The van der Waals surface area contributed by atoms with Crippen LogP contribution >= 0.6 is 31.9 Å². The topological polar surface area (TPSA) is 154 Å². The molecular formula is C36H45Br2N5O7. The van der Waals surface area contributed by atoms with Crippen LogP contribution in [0.3, 0.4) is 0 Å². The van der Waals surface area contributed by atoms with Gasteiger partial charge in [0, 0.05) is 44.0 Å². The fourth-order valence-corrected chi connectivity index (χ4v) is 9.88. The van der Waals surface area contributed by atoms with E-state index < -0.39 is 24.0 Å². The Bertz CT molecular complexity index is 1570. The number of rotatable bonds is 8. The van der Waals surface area contributed by atoms with Gasteiger partial charge in [0.25, 0.3) is 0 Å². The molecule has 12 nitrogen and oxygen atoms in total. The van der Waals surface area contributed by atoms with Gasteiger partial charge in [0.15, 0.2) is 0 Å². The van der Waals surface area contributed by atoms with Crippen LogP contribution in [0, 0.1) is 17.8 Å². The van der Waals surface area contributed by atoms with Crippen LogP contribution in [0.25, 0.3) is 0 Å². The molecule has 0 radical (unpaired) electrons. The minimum absolute atomic E-state index is 0.0468. The Labute approximate surface area is 309 Å². The van der Waals surface area contributed by atoms with Gasteiger partial charge in [0.2, 0.25) is 5.91 Å². The molecule has 2 aromatic rings. The van der Waals surface area contributed by atoms with Gasteiger partial charge in [-0.25, -0.2) is 9.59 Å². The van der Waals surface area contributed by atoms with Crippen LogP contribution in [0.2, 0.25) is 0 Å². The molecule has 6 rings (SSSR count). The zero-order valence-corrected chi connectivity index (χ0v) is 31.1. The van der Waals surface area contributed by atoms with Crippen LogP contribution in [0.5, 0.6) is 5.75 Å². The lowest BCUT2D eigenvalue weighted by Crippen LogP contribution is -2.59. The van der Waals surface area contributed by atoms with E-state index in [0.717, 1.165) is 55.6 Å². The van der Waals surface area contributed by atoms with Gasteiger partial charge in [0.05, 0.1) is 21.4 Å². The molecule has 4 N–H and O–H groups in total. The minimum atomic E-state index is -1.08. The van der Waals surface area contributed by atoms with Crippen LogP contribution in [0.15, 0.2) is 45.3 Å². The lowest BCUT2D eigenvalue weighted by molar-refractivity contribution is -0.140. The number of para-hydroxylation sites is 1. The predicted octanol–water partition coefficient (Wildman–Crippen LogP) is 5.71. The van der Waals surface area contributed by atoms with Gasteiger partial charge in [-0.1, -0.05) is 18.2 Å². The summed E-state index contributed by atoms with van der Waals surface area (Å²) in [6.45, 7) is 3.46.